The van der Waals surface area contributed by atoms with Crippen LogP contribution < -0.4 is 9.47 Å². The van der Waals surface area contributed by atoms with Crippen molar-refractivity contribution < 1.29 is 9.47 Å². The highest BCUT2D eigenvalue weighted by Gasteiger charge is 2.10. The minimum atomic E-state index is 0.0395. The van der Waals surface area contributed by atoms with E-state index < -0.39 is 0 Å². The molecule has 0 aliphatic carbocycles. The molecule has 0 heterocycles. The second-order valence-electron chi connectivity index (χ2n) is 3.42. The van der Waals surface area contributed by atoms with Gasteiger partial charge in [-0.25, -0.2) is 0 Å². The number of allylic oxidation sites excluding steroid dienone is 1. The van der Waals surface area contributed by atoms with Crippen LogP contribution in [0, 0.1) is 26.2 Å². The third-order valence-electron chi connectivity index (χ3n) is 2.15. The van der Waals surface area contributed by atoms with Crippen molar-refractivity contribution in [1.82, 2.24) is 0 Å². The number of ether oxygens (including phenoxy) is 2. The maximum absolute atomic E-state index is 8.74. The number of nitriles is 2. The molecule has 0 saturated heterocycles. The zero-order valence-corrected chi connectivity index (χ0v) is 12.5. The van der Waals surface area contributed by atoms with Gasteiger partial charge in [0.15, 0.2) is 11.5 Å². The highest BCUT2D eigenvalue weighted by Crippen LogP contribution is 2.34. The summed E-state index contributed by atoms with van der Waals surface area (Å²) in [5, 5.41) is 17.5. The van der Waals surface area contributed by atoms with Crippen LogP contribution in [0.3, 0.4) is 0 Å². The molecule has 1 rings (SSSR count). The van der Waals surface area contributed by atoms with Crippen molar-refractivity contribution in [2.75, 3.05) is 13.7 Å². The molecule has 0 spiro atoms. The molecule has 0 N–H and O–H groups in total. The van der Waals surface area contributed by atoms with Crippen LogP contribution in [0.15, 0.2) is 30.4 Å². The highest BCUT2D eigenvalue weighted by atomic mass is 127. The van der Waals surface area contributed by atoms with Crippen LogP contribution in [-0.4, -0.2) is 13.7 Å². The topological polar surface area (TPSA) is 66.0 Å². The van der Waals surface area contributed by atoms with Gasteiger partial charge in [0.25, 0.3) is 0 Å². The smallest absolute Gasteiger partial charge is 0.174 e. The first-order valence-electron chi connectivity index (χ1n) is 5.29. The summed E-state index contributed by atoms with van der Waals surface area (Å²) in [6.07, 6.45) is 3.15. The SMILES string of the molecule is C=CCOc1c(I)cc(C=C(C#N)C#N)cc1OC. The molecule has 4 nitrogen and oxygen atoms in total. The lowest BCUT2D eigenvalue weighted by molar-refractivity contribution is 0.324. The van der Waals surface area contributed by atoms with Gasteiger partial charge in [-0.15, -0.1) is 0 Å². The van der Waals surface area contributed by atoms with Crippen LogP contribution in [0.5, 0.6) is 11.5 Å². The molecule has 19 heavy (non-hydrogen) atoms. The molecule has 0 atom stereocenters. The molecule has 0 bridgehead atoms. The monoisotopic (exact) mass is 366 g/mol. The third-order valence-corrected chi connectivity index (χ3v) is 2.95. The minimum Gasteiger partial charge on any atom is -0.493 e. The van der Waals surface area contributed by atoms with Gasteiger partial charge in [-0.05, 0) is 46.4 Å². The number of halogens is 1. The van der Waals surface area contributed by atoms with E-state index in [1.165, 1.54) is 13.2 Å². The summed E-state index contributed by atoms with van der Waals surface area (Å²) in [5.41, 5.74) is 0.753. The van der Waals surface area contributed by atoms with Crippen LogP contribution in [-0.2, 0) is 0 Å². The standard InChI is InChI=1S/C14H11IN2O2/c1-3-4-19-14-12(15)6-10(7-13(14)18-2)5-11(8-16)9-17/h3,5-7H,1,4H2,2H3. The average molecular weight is 366 g/mol. The van der Waals surface area contributed by atoms with Gasteiger partial charge >= 0.3 is 0 Å². The molecule has 0 unspecified atom stereocenters. The third kappa shape index (κ3) is 4.01. The van der Waals surface area contributed by atoms with E-state index in [1.807, 2.05) is 18.2 Å². The Bertz CT molecular complexity index is 579. The summed E-state index contributed by atoms with van der Waals surface area (Å²) in [4.78, 5) is 0. The quantitative estimate of drug-likeness (QED) is 0.456. The predicted molar refractivity (Wildman–Crippen MR) is 80.6 cm³/mol. The first kappa shape index (κ1) is 15.1. The summed E-state index contributed by atoms with van der Waals surface area (Å²) >= 11 is 2.11. The number of hydrogen-bond donors (Lipinski definition) is 0. The normalized spacial score (nSPS) is 8.84. The Labute approximate surface area is 125 Å². The Balaban J connectivity index is 3.24. The number of methoxy groups -OCH3 is 1. The Hall–Kier alpha value is -1.99. The molecule has 0 saturated carbocycles. The van der Waals surface area contributed by atoms with Crippen molar-refractivity contribution in [2.45, 2.75) is 0 Å². The fourth-order valence-corrected chi connectivity index (χ4v) is 2.14. The Morgan fingerprint density at radius 3 is 2.63 bits per heavy atom. The summed E-state index contributed by atoms with van der Waals surface area (Å²) in [6.45, 7) is 3.97. The molecule has 1 aromatic carbocycles. The summed E-state index contributed by atoms with van der Waals surface area (Å²) in [6, 6.07) is 7.17. The van der Waals surface area contributed by atoms with Gasteiger partial charge in [-0.2, -0.15) is 10.5 Å². The molecule has 96 valence electrons. The van der Waals surface area contributed by atoms with E-state index in [1.54, 1.807) is 12.1 Å². The second kappa shape index (κ2) is 7.45. The van der Waals surface area contributed by atoms with Crippen molar-refractivity contribution in [3.8, 4) is 23.6 Å². The second-order valence-corrected chi connectivity index (χ2v) is 4.58. The van der Waals surface area contributed by atoms with E-state index in [-0.39, 0.29) is 5.57 Å². The Kier molecular flexibility index (Phi) is 5.91. The lowest BCUT2D eigenvalue weighted by atomic mass is 10.1. The van der Waals surface area contributed by atoms with Crippen LogP contribution >= 0.6 is 22.6 Å². The zero-order chi connectivity index (χ0) is 14.3. The van der Waals surface area contributed by atoms with Crippen molar-refractivity contribution >= 4 is 28.7 Å². The predicted octanol–water partition coefficient (Wildman–Crippen LogP) is 3.30. The van der Waals surface area contributed by atoms with Gasteiger partial charge in [0.1, 0.15) is 24.3 Å². The lowest BCUT2D eigenvalue weighted by Gasteiger charge is -2.12. The van der Waals surface area contributed by atoms with Crippen LogP contribution in [0.25, 0.3) is 6.08 Å². The van der Waals surface area contributed by atoms with E-state index in [0.29, 0.717) is 23.7 Å². The number of benzene rings is 1. The number of rotatable bonds is 5. The summed E-state index contributed by atoms with van der Waals surface area (Å²) in [7, 11) is 1.54. The maximum Gasteiger partial charge on any atom is 0.174 e. The van der Waals surface area contributed by atoms with Gasteiger partial charge in [-0.1, -0.05) is 12.7 Å². The molecule has 0 aliphatic rings. The van der Waals surface area contributed by atoms with Crippen molar-refractivity contribution in [2.24, 2.45) is 0 Å². The van der Waals surface area contributed by atoms with E-state index >= 15 is 0 Å². The van der Waals surface area contributed by atoms with Gasteiger partial charge in [0.05, 0.1) is 10.7 Å². The number of hydrogen-bond acceptors (Lipinski definition) is 4. The molecule has 0 aliphatic heterocycles. The molecule has 0 aromatic heterocycles. The van der Waals surface area contributed by atoms with E-state index in [2.05, 4.69) is 29.2 Å². The van der Waals surface area contributed by atoms with Crippen molar-refractivity contribution in [3.63, 3.8) is 0 Å². The molecular formula is C14H11IN2O2. The van der Waals surface area contributed by atoms with E-state index in [9.17, 15) is 0 Å². The maximum atomic E-state index is 8.74. The Morgan fingerprint density at radius 1 is 1.42 bits per heavy atom. The summed E-state index contributed by atoms with van der Waals surface area (Å²) < 4.78 is 11.6. The fourth-order valence-electron chi connectivity index (χ4n) is 1.36. The number of nitrogens with zero attached hydrogens (tertiary/aromatic N) is 2. The summed E-state index contributed by atoms with van der Waals surface area (Å²) in [5.74, 6) is 1.17. The highest BCUT2D eigenvalue weighted by molar-refractivity contribution is 14.1. The van der Waals surface area contributed by atoms with Gasteiger partial charge in [0, 0.05) is 0 Å². The van der Waals surface area contributed by atoms with Crippen LogP contribution in [0.1, 0.15) is 5.56 Å². The van der Waals surface area contributed by atoms with Gasteiger partial charge < -0.3 is 9.47 Å². The Morgan fingerprint density at radius 2 is 2.11 bits per heavy atom. The largest absolute Gasteiger partial charge is 0.493 e. The zero-order valence-electron chi connectivity index (χ0n) is 10.3. The van der Waals surface area contributed by atoms with Crippen LogP contribution in [0.4, 0.5) is 0 Å². The molecule has 0 fully saturated rings. The van der Waals surface area contributed by atoms with E-state index in [4.69, 9.17) is 20.0 Å². The van der Waals surface area contributed by atoms with E-state index in [0.717, 1.165) is 3.57 Å². The molecule has 0 amide bonds. The molecule has 1 aromatic rings. The van der Waals surface area contributed by atoms with Gasteiger partial charge in [0.2, 0.25) is 0 Å². The lowest BCUT2D eigenvalue weighted by Crippen LogP contribution is -1.99. The minimum absolute atomic E-state index is 0.0395. The molecular weight excluding hydrogens is 355 g/mol. The van der Waals surface area contributed by atoms with Crippen molar-refractivity contribution in [1.29, 1.82) is 10.5 Å². The van der Waals surface area contributed by atoms with Crippen molar-refractivity contribution in [3.05, 3.63) is 39.5 Å². The van der Waals surface area contributed by atoms with Crippen LogP contribution in [0.2, 0.25) is 0 Å². The fraction of sp³-hybridized carbons (Fsp3) is 0.143. The first-order valence-corrected chi connectivity index (χ1v) is 6.37. The molecule has 0 radical (unpaired) electrons. The molecule has 5 heteroatoms. The average Bonchev–Trinajstić information content (AvgIpc) is 2.43. The van der Waals surface area contributed by atoms with Gasteiger partial charge in [-0.3, -0.25) is 0 Å². The first-order chi connectivity index (χ1) is 9.15.